The summed E-state index contributed by atoms with van der Waals surface area (Å²) in [6.07, 6.45) is 2.56. The molecule has 0 aromatic rings. The molecule has 15 heavy (non-hydrogen) atoms. The molecular formula is C12H24N2S. The molecule has 2 unspecified atom stereocenters. The predicted molar refractivity (Wildman–Crippen MR) is 70.6 cm³/mol. The van der Waals surface area contributed by atoms with Crippen molar-refractivity contribution in [2.75, 3.05) is 13.1 Å². The third-order valence-electron chi connectivity index (χ3n) is 3.04. The number of thioether (sulfide) groups is 1. The molecule has 1 N–H and O–H groups in total. The van der Waals surface area contributed by atoms with Crippen LogP contribution in [0.1, 0.15) is 40.5 Å². The molecule has 1 rings (SSSR count). The summed E-state index contributed by atoms with van der Waals surface area (Å²) in [6.45, 7) is 11.2. The lowest BCUT2D eigenvalue weighted by Crippen LogP contribution is -2.27. The van der Waals surface area contributed by atoms with Crippen molar-refractivity contribution in [3.63, 3.8) is 0 Å². The number of amidine groups is 1. The molecule has 3 heteroatoms. The van der Waals surface area contributed by atoms with E-state index in [-0.39, 0.29) is 0 Å². The number of hydrogen-bond donors (Lipinski definition) is 1. The first kappa shape index (κ1) is 12.9. The maximum atomic E-state index is 4.54. The molecule has 0 aromatic carbocycles. The highest BCUT2D eigenvalue weighted by molar-refractivity contribution is 8.14. The highest BCUT2D eigenvalue weighted by Gasteiger charge is 2.19. The first-order chi connectivity index (χ1) is 7.13. The lowest BCUT2D eigenvalue weighted by molar-refractivity contribution is 0.416. The smallest absolute Gasteiger partial charge is 0.156 e. The third kappa shape index (κ3) is 4.45. The van der Waals surface area contributed by atoms with E-state index in [2.05, 4.69) is 38.0 Å². The van der Waals surface area contributed by atoms with Crippen LogP contribution in [-0.4, -0.2) is 23.5 Å². The monoisotopic (exact) mass is 228 g/mol. The normalized spacial score (nSPS) is 23.0. The Labute approximate surface area is 98.3 Å². The average molecular weight is 228 g/mol. The zero-order valence-corrected chi connectivity index (χ0v) is 11.2. The van der Waals surface area contributed by atoms with E-state index in [1.165, 1.54) is 18.0 Å². The minimum Gasteiger partial charge on any atom is -0.365 e. The van der Waals surface area contributed by atoms with Crippen molar-refractivity contribution < 1.29 is 0 Å². The molecule has 1 aliphatic rings. The summed E-state index contributed by atoms with van der Waals surface area (Å²) < 4.78 is 0. The molecule has 0 aromatic heterocycles. The molecule has 0 bridgehead atoms. The summed E-state index contributed by atoms with van der Waals surface area (Å²) in [5.41, 5.74) is 0. The fourth-order valence-corrected chi connectivity index (χ4v) is 2.60. The predicted octanol–water partition coefficient (Wildman–Crippen LogP) is 3.14. The molecule has 0 fully saturated rings. The van der Waals surface area contributed by atoms with Crippen molar-refractivity contribution >= 4 is 16.9 Å². The van der Waals surface area contributed by atoms with E-state index < -0.39 is 0 Å². The maximum Gasteiger partial charge on any atom is 0.156 e. The van der Waals surface area contributed by atoms with Crippen LogP contribution in [0.25, 0.3) is 0 Å². The Morgan fingerprint density at radius 2 is 2.20 bits per heavy atom. The van der Waals surface area contributed by atoms with Gasteiger partial charge in [0.2, 0.25) is 0 Å². The van der Waals surface area contributed by atoms with Gasteiger partial charge in [-0.3, -0.25) is 4.99 Å². The van der Waals surface area contributed by atoms with E-state index >= 15 is 0 Å². The molecule has 1 heterocycles. The van der Waals surface area contributed by atoms with Crippen molar-refractivity contribution in [2.24, 2.45) is 16.8 Å². The van der Waals surface area contributed by atoms with E-state index in [0.29, 0.717) is 0 Å². The van der Waals surface area contributed by atoms with Crippen LogP contribution >= 0.6 is 11.8 Å². The number of rotatable bonds is 5. The van der Waals surface area contributed by atoms with Gasteiger partial charge in [-0.05, 0) is 18.3 Å². The van der Waals surface area contributed by atoms with Gasteiger partial charge in [-0.1, -0.05) is 45.9 Å². The second kappa shape index (κ2) is 6.41. The maximum absolute atomic E-state index is 4.54. The topological polar surface area (TPSA) is 24.4 Å². The van der Waals surface area contributed by atoms with Gasteiger partial charge >= 0.3 is 0 Å². The van der Waals surface area contributed by atoms with Gasteiger partial charge < -0.3 is 5.32 Å². The van der Waals surface area contributed by atoms with Crippen LogP contribution in [0, 0.1) is 11.8 Å². The molecule has 88 valence electrons. The zero-order chi connectivity index (χ0) is 11.3. The van der Waals surface area contributed by atoms with Crippen LogP contribution in [0.15, 0.2) is 4.99 Å². The molecule has 0 saturated heterocycles. The minimum absolute atomic E-state index is 0.721. The van der Waals surface area contributed by atoms with E-state index in [9.17, 15) is 0 Å². The van der Waals surface area contributed by atoms with Crippen molar-refractivity contribution in [1.29, 1.82) is 0 Å². The van der Waals surface area contributed by atoms with Gasteiger partial charge in [0.1, 0.15) is 0 Å². The van der Waals surface area contributed by atoms with Crippen LogP contribution in [0.5, 0.6) is 0 Å². The van der Waals surface area contributed by atoms with Gasteiger partial charge in [0.25, 0.3) is 0 Å². The highest BCUT2D eigenvalue weighted by Crippen LogP contribution is 2.23. The third-order valence-corrected chi connectivity index (χ3v) is 4.26. The number of nitrogens with zero attached hydrogens (tertiary/aromatic N) is 1. The molecule has 2 nitrogen and oxygen atoms in total. The molecule has 0 aliphatic carbocycles. The zero-order valence-electron chi connectivity index (χ0n) is 10.4. The van der Waals surface area contributed by atoms with E-state index in [0.717, 1.165) is 30.2 Å². The largest absolute Gasteiger partial charge is 0.365 e. The standard InChI is InChI=1S/C12H24N2S/c1-5-6-11-8-14-12(15-11)13-7-10(4)9(2)3/h9-11H,5-8H2,1-4H3,(H,13,14). The Hall–Kier alpha value is -0.180. The Balaban J connectivity index is 2.19. The SMILES string of the molecule is CCCC1CN=C(NCC(C)C(C)C)S1. The summed E-state index contributed by atoms with van der Waals surface area (Å²) in [5, 5.41) is 5.36. The Bertz CT molecular complexity index is 214. The van der Waals surface area contributed by atoms with Crippen molar-refractivity contribution in [3.8, 4) is 0 Å². The Kier molecular flexibility index (Phi) is 5.51. The van der Waals surface area contributed by atoms with Gasteiger partial charge in [-0.25, -0.2) is 0 Å². The first-order valence-corrected chi connectivity index (χ1v) is 6.96. The van der Waals surface area contributed by atoms with Gasteiger partial charge in [0, 0.05) is 11.8 Å². The molecule has 1 aliphatic heterocycles. The van der Waals surface area contributed by atoms with Gasteiger partial charge in [-0.15, -0.1) is 0 Å². The molecule has 0 amide bonds. The quantitative estimate of drug-likeness (QED) is 0.782. The summed E-state index contributed by atoms with van der Waals surface area (Å²) in [4.78, 5) is 4.54. The fourth-order valence-electron chi connectivity index (χ4n) is 1.47. The lowest BCUT2D eigenvalue weighted by atomic mass is 9.98. The van der Waals surface area contributed by atoms with Gasteiger partial charge in [-0.2, -0.15) is 0 Å². The summed E-state index contributed by atoms with van der Waals surface area (Å²) in [6, 6.07) is 0. The Morgan fingerprint density at radius 3 is 2.80 bits per heavy atom. The number of aliphatic imine (C=N–C) groups is 1. The van der Waals surface area contributed by atoms with Gasteiger partial charge in [0.15, 0.2) is 5.17 Å². The Morgan fingerprint density at radius 1 is 1.47 bits per heavy atom. The molecule has 0 spiro atoms. The van der Waals surface area contributed by atoms with E-state index in [4.69, 9.17) is 0 Å². The molecule has 2 atom stereocenters. The molecule has 0 radical (unpaired) electrons. The number of nitrogens with one attached hydrogen (secondary N) is 1. The minimum atomic E-state index is 0.721. The van der Waals surface area contributed by atoms with Crippen molar-refractivity contribution in [2.45, 2.75) is 45.8 Å². The molecule has 0 saturated carbocycles. The second-order valence-electron chi connectivity index (χ2n) is 4.78. The second-order valence-corrected chi connectivity index (χ2v) is 6.07. The van der Waals surface area contributed by atoms with E-state index in [1.807, 2.05) is 11.8 Å². The summed E-state index contributed by atoms with van der Waals surface area (Å²) >= 11 is 1.93. The van der Waals surface area contributed by atoms with Crippen molar-refractivity contribution in [1.82, 2.24) is 5.32 Å². The molecular weight excluding hydrogens is 204 g/mol. The van der Waals surface area contributed by atoms with Crippen LogP contribution in [0.4, 0.5) is 0 Å². The van der Waals surface area contributed by atoms with Crippen LogP contribution in [0.2, 0.25) is 0 Å². The lowest BCUT2D eigenvalue weighted by Gasteiger charge is -2.16. The number of hydrogen-bond acceptors (Lipinski definition) is 3. The van der Waals surface area contributed by atoms with Crippen LogP contribution < -0.4 is 5.32 Å². The summed E-state index contributed by atoms with van der Waals surface area (Å²) in [7, 11) is 0. The van der Waals surface area contributed by atoms with E-state index in [1.54, 1.807) is 0 Å². The fraction of sp³-hybridized carbons (Fsp3) is 0.917. The van der Waals surface area contributed by atoms with Gasteiger partial charge in [0.05, 0.1) is 6.54 Å². The van der Waals surface area contributed by atoms with Crippen LogP contribution in [-0.2, 0) is 0 Å². The average Bonchev–Trinajstić information content (AvgIpc) is 2.62. The van der Waals surface area contributed by atoms with Crippen LogP contribution in [0.3, 0.4) is 0 Å². The first-order valence-electron chi connectivity index (χ1n) is 6.08. The van der Waals surface area contributed by atoms with Crippen molar-refractivity contribution in [3.05, 3.63) is 0 Å². The summed E-state index contributed by atoms with van der Waals surface area (Å²) in [5.74, 6) is 1.47. The highest BCUT2D eigenvalue weighted by atomic mass is 32.2.